The quantitative estimate of drug-likeness (QED) is 0.0613. The van der Waals surface area contributed by atoms with Gasteiger partial charge in [0.1, 0.15) is 12.4 Å². The lowest BCUT2D eigenvalue weighted by Crippen LogP contribution is -2.37. The second-order valence-electron chi connectivity index (χ2n) is 13.0. The molecule has 236 valence electrons. The van der Waals surface area contributed by atoms with Gasteiger partial charge in [0.2, 0.25) is 0 Å². The zero-order valence-corrected chi connectivity index (χ0v) is 28.2. The summed E-state index contributed by atoms with van der Waals surface area (Å²) in [5.74, 6) is 1.61. The molecule has 0 amide bonds. The van der Waals surface area contributed by atoms with Gasteiger partial charge in [-0.25, -0.2) is 9.13 Å². The van der Waals surface area contributed by atoms with Crippen molar-refractivity contribution in [1.82, 2.24) is 4.57 Å². The fraction of sp³-hybridized carbons (Fsp3) is 0.921. The van der Waals surface area contributed by atoms with Crippen LogP contribution >= 0.6 is 0 Å². The van der Waals surface area contributed by atoms with Crippen LogP contribution in [0.15, 0.2) is 12.4 Å². The van der Waals surface area contributed by atoms with E-state index >= 15 is 0 Å². The van der Waals surface area contributed by atoms with Gasteiger partial charge in [-0.05, 0) is 32.1 Å². The summed E-state index contributed by atoms with van der Waals surface area (Å²) in [5, 5.41) is 0. The molecule has 0 unspecified atom stereocenters. The first-order valence-corrected chi connectivity index (χ1v) is 18.9. The van der Waals surface area contributed by atoms with Gasteiger partial charge in [-0.1, -0.05) is 175 Å². The number of unbranched alkanes of at least 4 members (excludes halogenated alkanes) is 26. The van der Waals surface area contributed by atoms with E-state index in [1.807, 2.05) is 0 Å². The Balaban J connectivity index is 2.16. The molecule has 0 fully saturated rings. The number of rotatable bonds is 32. The predicted octanol–water partition coefficient (Wildman–Crippen LogP) is 12.7. The topological polar surface area (TPSA) is 8.81 Å². The van der Waals surface area contributed by atoms with Gasteiger partial charge < -0.3 is 0 Å². The molecule has 0 N–H and O–H groups in total. The maximum atomic E-state index is 2.61. The van der Waals surface area contributed by atoms with Crippen LogP contribution in [0.5, 0.6) is 0 Å². The molecule has 1 heterocycles. The number of aryl methyl sites for hydroxylation is 2. The average molecular weight is 560 g/mol. The fourth-order valence-corrected chi connectivity index (χ4v) is 6.33. The van der Waals surface area contributed by atoms with E-state index < -0.39 is 0 Å². The van der Waals surface area contributed by atoms with Crippen LogP contribution < -0.4 is 4.57 Å². The Labute approximate surface area is 253 Å². The van der Waals surface area contributed by atoms with E-state index in [2.05, 4.69) is 42.3 Å². The summed E-state index contributed by atoms with van der Waals surface area (Å²) in [4.78, 5) is 0. The van der Waals surface area contributed by atoms with Crippen molar-refractivity contribution in [2.75, 3.05) is 0 Å². The number of hydrogen-bond donors (Lipinski definition) is 0. The monoisotopic (exact) mass is 560 g/mol. The molecule has 0 aromatic carbocycles. The summed E-state index contributed by atoms with van der Waals surface area (Å²) < 4.78 is 5.23. The van der Waals surface area contributed by atoms with Crippen LogP contribution in [0.25, 0.3) is 0 Å². The summed E-state index contributed by atoms with van der Waals surface area (Å²) in [6.07, 6.45) is 47.4. The molecule has 1 aromatic rings. The van der Waals surface area contributed by atoms with Crippen molar-refractivity contribution in [3.8, 4) is 0 Å². The van der Waals surface area contributed by atoms with Gasteiger partial charge >= 0.3 is 0 Å². The first-order chi connectivity index (χ1) is 19.8. The van der Waals surface area contributed by atoms with E-state index in [0.29, 0.717) is 0 Å². The van der Waals surface area contributed by atoms with Gasteiger partial charge in [0, 0.05) is 6.42 Å². The first-order valence-electron chi connectivity index (χ1n) is 18.9. The van der Waals surface area contributed by atoms with Crippen LogP contribution in [-0.2, 0) is 19.5 Å². The van der Waals surface area contributed by atoms with Gasteiger partial charge in [0.15, 0.2) is 0 Å². The van der Waals surface area contributed by atoms with Crippen molar-refractivity contribution in [2.45, 2.75) is 226 Å². The molecule has 0 saturated carbocycles. The van der Waals surface area contributed by atoms with E-state index in [9.17, 15) is 0 Å². The van der Waals surface area contributed by atoms with Crippen molar-refractivity contribution < 1.29 is 4.57 Å². The third kappa shape index (κ3) is 21.9. The molecule has 0 aliphatic heterocycles. The van der Waals surface area contributed by atoms with Gasteiger partial charge in [0.05, 0.1) is 13.1 Å². The van der Waals surface area contributed by atoms with E-state index in [1.54, 1.807) is 5.82 Å². The first kappa shape index (κ1) is 37.2. The second-order valence-corrected chi connectivity index (χ2v) is 13.0. The van der Waals surface area contributed by atoms with Gasteiger partial charge in [-0.3, -0.25) is 0 Å². The fourth-order valence-electron chi connectivity index (χ4n) is 6.33. The zero-order valence-electron chi connectivity index (χ0n) is 28.2. The van der Waals surface area contributed by atoms with Crippen LogP contribution in [-0.4, -0.2) is 4.57 Å². The molecule has 0 aliphatic rings. The molecular weight excluding hydrogens is 484 g/mol. The Kier molecular flexibility index (Phi) is 27.6. The van der Waals surface area contributed by atoms with E-state index in [-0.39, 0.29) is 0 Å². The molecule has 0 saturated heterocycles. The molecule has 0 spiro atoms. The largest absolute Gasteiger partial charge is 0.256 e. The lowest BCUT2D eigenvalue weighted by molar-refractivity contribution is -0.704. The molecule has 2 heteroatoms. The SMILES string of the molecule is CCCCCCCCCCCCCCCCCCCc1n(CCCCCCCC)cc[n+]1CCCCCCCC. The number of nitrogens with zero attached hydrogens (tertiary/aromatic N) is 2. The standard InChI is InChI=1S/C38H75N2/c1-4-7-10-13-16-17-18-19-20-21-22-23-24-25-26-27-30-33-38-39(34-31-28-14-11-8-5-2)36-37-40(38)35-32-29-15-12-9-6-3/h36-37H,4-35H2,1-3H3/q+1. The Bertz CT molecular complexity index is 586. The van der Waals surface area contributed by atoms with E-state index in [0.717, 1.165) is 0 Å². The highest BCUT2D eigenvalue weighted by Crippen LogP contribution is 2.15. The maximum absolute atomic E-state index is 2.61. The minimum absolute atomic E-state index is 1.23. The second kappa shape index (κ2) is 29.7. The minimum Gasteiger partial charge on any atom is -0.234 e. The molecule has 0 aliphatic carbocycles. The molecule has 0 bridgehead atoms. The summed E-state index contributed by atoms with van der Waals surface area (Å²) in [5.41, 5.74) is 0. The number of aromatic nitrogens is 2. The predicted molar refractivity (Wildman–Crippen MR) is 179 cm³/mol. The molecular formula is C38H75N2+. The summed E-state index contributed by atoms with van der Waals surface area (Å²) in [7, 11) is 0. The third-order valence-corrected chi connectivity index (χ3v) is 9.10. The normalized spacial score (nSPS) is 11.6. The highest BCUT2D eigenvalue weighted by molar-refractivity contribution is 4.84. The molecule has 2 nitrogen and oxygen atoms in total. The smallest absolute Gasteiger partial charge is 0.234 e. The van der Waals surface area contributed by atoms with Crippen molar-refractivity contribution in [3.05, 3.63) is 18.2 Å². The lowest BCUT2D eigenvalue weighted by atomic mass is 10.0. The van der Waals surface area contributed by atoms with Gasteiger partial charge in [0.25, 0.3) is 5.82 Å². The highest BCUT2D eigenvalue weighted by atomic mass is 15.1. The van der Waals surface area contributed by atoms with E-state index in [4.69, 9.17) is 0 Å². The number of imidazole rings is 1. The van der Waals surface area contributed by atoms with Crippen LogP contribution in [0, 0.1) is 0 Å². The van der Waals surface area contributed by atoms with Crippen LogP contribution in [0.4, 0.5) is 0 Å². The summed E-state index contributed by atoms with van der Waals surface area (Å²) >= 11 is 0. The van der Waals surface area contributed by atoms with Gasteiger partial charge in [-0.15, -0.1) is 0 Å². The summed E-state index contributed by atoms with van der Waals surface area (Å²) in [6, 6.07) is 0. The van der Waals surface area contributed by atoms with Crippen LogP contribution in [0.2, 0.25) is 0 Å². The third-order valence-electron chi connectivity index (χ3n) is 9.10. The Morgan fingerprint density at radius 1 is 0.425 bits per heavy atom. The average Bonchev–Trinajstić information content (AvgIpc) is 3.35. The van der Waals surface area contributed by atoms with Crippen molar-refractivity contribution in [2.24, 2.45) is 0 Å². The Hall–Kier alpha value is -0.790. The van der Waals surface area contributed by atoms with Crippen LogP contribution in [0.1, 0.15) is 213 Å². The Morgan fingerprint density at radius 3 is 1.20 bits per heavy atom. The lowest BCUT2D eigenvalue weighted by Gasteiger charge is -2.07. The number of hydrogen-bond acceptors (Lipinski definition) is 0. The van der Waals surface area contributed by atoms with Gasteiger partial charge in [-0.2, -0.15) is 0 Å². The van der Waals surface area contributed by atoms with Crippen molar-refractivity contribution in [3.63, 3.8) is 0 Å². The molecule has 40 heavy (non-hydrogen) atoms. The van der Waals surface area contributed by atoms with E-state index in [1.165, 1.54) is 206 Å². The summed E-state index contributed by atoms with van der Waals surface area (Å²) in [6.45, 7) is 9.39. The highest BCUT2D eigenvalue weighted by Gasteiger charge is 2.16. The van der Waals surface area contributed by atoms with Crippen molar-refractivity contribution in [1.29, 1.82) is 0 Å². The maximum Gasteiger partial charge on any atom is 0.256 e. The Morgan fingerprint density at radius 2 is 0.775 bits per heavy atom. The molecule has 0 atom stereocenters. The molecule has 1 rings (SSSR count). The van der Waals surface area contributed by atoms with Crippen molar-refractivity contribution >= 4 is 0 Å². The minimum atomic E-state index is 1.23. The zero-order chi connectivity index (χ0) is 28.8. The molecule has 1 aromatic heterocycles. The molecule has 0 radical (unpaired) electrons. The van der Waals surface area contributed by atoms with Crippen LogP contribution in [0.3, 0.4) is 0 Å².